The third-order valence-corrected chi connectivity index (χ3v) is 3.58. The Morgan fingerprint density at radius 2 is 2.25 bits per heavy atom. The number of hydrogen-bond donors (Lipinski definition) is 0. The van der Waals surface area contributed by atoms with Gasteiger partial charge in [0.05, 0.1) is 25.3 Å². The van der Waals surface area contributed by atoms with Crippen molar-refractivity contribution < 1.29 is 19.1 Å². The molecule has 20 heavy (non-hydrogen) atoms. The molecule has 2 rings (SSSR count). The summed E-state index contributed by atoms with van der Waals surface area (Å²) >= 11 is 0. The Labute approximate surface area is 119 Å². The molecule has 2 amide bonds. The molecule has 0 aromatic heterocycles. The predicted octanol–water partition coefficient (Wildman–Crippen LogP) is 1.20. The number of carbonyl (C=O) groups excluding carboxylic acids is 1. The van der Waals surface area contributed by atoms with E-state index in [1.165, 1.54) is 10.6 Å². The van der Waals surface area contributed by atoms with E-state index in [1.807, 2.05) is 4.90 Å². The molecular formula is C14H22N2O4. The fourth-order valence-electron chi connectivity index (χ4n) is 2.67. The van der Waals surface area contributed by atoms with Crippen molar-refractivity contribution in [3.63, 3.8) is 0 Å². The predicted molar refractivity (Wildman–Crippen MR) is 74.1 cm³/mol. The largest absolute Gasteiger partial charge is 0.384 e. The van der Waals surface area contributed by atoms with Crippen molar-refractivity contribution in [1.82, 2.24) is 9.96 Å². The van der Waals surface area contributed by atoms with Crippen LogP contribution in [-0.2, 0) is 14.3 Å². The summed E-state index contributed by atoms with van der Waals surface area (Å²) in [6.07, 6.45) is 4.53. The average molecular weight is 282 g/mol. The van der Waals surface area contributed by atoms with Crippen LogP contribution in [0.3, 0.4) is 0 Å². The fourth-order valence-corrected chi connectivity index (χ4v) is 2.67. The number of methoxy groups -OCH3 is 2. The number of hydrogen-bond acceptors (Lipinski definition) is 4. The number of amides is 2. The molecule has 0 radical (unpaired) electrons. The fraction of sp³-hybridized carbons (Fsp3) is 0.643. The quantitative estimate of drug-likeness (QED) is 0.628. The normalized spacial score (nSPS) is 25.1. The first kappa shape index (κ1) is 15.0. The second-order valence-corrected chi connectivity index (χ2v) is 4.87. The van der Waals surface area contributed by atoms with Crippen LogP contribution in [0.5, 0.6) is 0 Å². The molecule has 0 saturated carbocycles. The molecule has 2 aliphatic rings. The van der Waals surface area contributed by atoms with Crippen LogP contribution in [0.1, 0.15) is 6.42 Å². The number of rotatable bonds is 8. The lowest BCUT2D eigenvalue weighted by Gasteiger charge is -2.31. The van der Waals surface area contributed by atoms with Crippen LogP contribution in [-0.4, -0.2) is 68.7 Å². The van der Waals surface area contributed by atoms with Crippen molar-refractivity contribution in [2.45, 2.75) is 18.5 Å². The van der Waals surface area contributed by atoms with E-state index in [0.29, 0.717) is 26.4 Å². The van der Waals surface area contributed by atoms with E-state index in [1.54, 1.807) is 20.3 Å². The molecule has 2 aliphatic heterocycles. The average Bonchev–Trinajstić information content (AvgIpc) is 2.71. The zero-order chi connectivity index (χ0) is 14.5. The lowest BCUT2D eigenvalue weighted by atomic mass is 9.97. The van der Waals surface area contributed by atoms with Gasteiger partial charge >= 0.3 is 6.03 Å². The summed E-state index contributed by atoms with van der Waals surface area (Å²) in [7, 11) is 3.32. The Kier molecular flexibility index (Phi) is 5.17. The molecular weight excluding hydrogens is 260 g/mol. The lowest BCUT2D eigenvalue weighted by Crippen LogP contribution is -2.43. The van der Waals surface area contributed by atoms with Crippen molar-refractivity contribution in [3.8, 4) is 0 Å². The van der Waals surface area contributed by atoms with Gasteiger partial charge in [0.15, 0.2) is 0 Å². The van der Waals surface area contributed by atoms with Crippen LogP contribution >= 0.6 is 0 Å². The lowest BCUT2D eigenvalue weighted by molar-refractivity contribution is -0.107. The van der Waals surface area contributed by atoms with E-state index in [-0.39, 0.29) is 18.1 Å². The van der Waals surface area contributed by atoms with Gasteiger partial charge in [-0.3, -0.25) is 4.84 Å². The Balaban J connectivity index is 2.15. The third-order valence-electron chi connectivity index (χ3n) is 3.58. The molecule has 6 heteroatoms. The van der Waals surface area contributed by atoms with Crippen molar-refractivity contribution in [3.05, 3.63) is 24.3 Å². The highest BCUT2D eigenvalue weighted by atomic mass is 16.7. The number of hydroxylamine groups is 2. The molecule has 0 aliphatic carbocycles. The zero-order valence-electron chi connectivity index (χ0n) is 12.1. The maximum atomic E-state index is 12.4. The van der Waals surface area contributed by atoms with Gasteiger partial charge in [-0.2, -0.15) is 5.06 Å². The highest BCUT2D eigenvalue weighted by Crippen LogP contribution is 2.31. The SMILES string of the molecule is C=CCON1C(=O)N2CC1C=C(CCOC)[C@H]2COC. The van der Waals surface area contributed by atoms with Gasteiger partial charge in [-0.15, -0.1) is 6.58 Å². The molecule has 0 N–H and O–H groups in total. The maximum Gasteiger partial charge on any atom is 0.345 e. The smallest absolute Gasteiger partial charge is 0.345 e. The first-order valence-corrected chi connectivity index (χ1v) is 6.75. The molecule has 0 aromatic carbocycles. The van der Waals surface area contributed by atoms with E-state index in [9.17, 15) is 4.79 Å². The third kappa shape index (κ3) is 2.87. The van der Waals surface area contributed by atoms with Crippen LogP contribution in [0.4, 0.5) is 4.79 Å². The number of ether oxygens (including phenoxy) is 2. The van der Waals surface area contributed by atoms with Gasteiger partial charge in [0.25, 0.3) is 0 Å². The number of nitrogens with zero attached hydrogens (tertiary/aromatic N) is 2. The standard InChI is InChI=1S/C14H22N2O4/c1-4-6-20-16-12-8-11(5-7-18-2)13(10-19-3)15(9-12)14(16)17/h4,8,12-13H,1,5-7,9-10H2,2-3H3/t12?,13-/m1/s1. The highest BCUT2D eigenvalue weighted by Gasteiger charge is 2.45. The summed E-state index contributed by atoms with van der Waals surface area (Å²) in [5.41, 5.74) is 1.17. The maximum absolute atomic E-state index is 12.4. The molecule has 2 heterocycles. The highest BCUT2D eigenvalue weighted by molar-refractivity contribution is 5.78. The van der Waals surface area contributed by atoms with Crippen LogP contribution < -0.4 is 0 Å². The van der Waals surface area contributed by atoms with E-state index >= 15 is 0 Å². The van der Waals surface area contributed by atoms with Crippen molar-refractivity contribution >= 4 is 6.03 Å². The molecule has 0 aromatic rings. The van der Waals surface area contributed by atoms with E-state index in [0.717, 1.165) is 6.42 Å². The summed E-state index contributed by atoms with van der Waals surface area (Å²) in [4.78, 5) is 19.6. The molecule has 112 valence electrons. The minimum Gasteiger partial charge on any atom is -0.384 e. The first-order chi connectivity index (χ1) is 9.72. The number of fused-ring (bicyclic) bond motifs is 2. The molecule has 0 spiro atoms. The van der Waals surface area contributed by atoms with Gasteiger partial charge in [0, 0.05) is 27.4 Å². The van der Waals surface area contributed by atoms with Crippen LogP contribution in [0.25, 0.3) is 0 Å². The summed E-state index contributed by atoms with van der Waals surface area (Å²) < 4.78 is 10.4. The minimum absolute atomic E-state index is 0.0313. The Morgan fingerprint density at radius 1 is 1.45 bits per heavy atom. The van der Waals surface area contributed by atoms with Gasteiger partial charge in [-0.05, 0) is 12.0 Å². The molecule has 2 atom stereocenters. The molecule has 2 bridgehead atoms. The van der Waals surface area contributed by atoms with Crippen LogP contribution in [0.2, 0.25) is 0 Å². The van der Waals surface area contributed by atoms with Gasteiger partial charge in [0.1, 0.15) is 0 Å². The van der Waals surface area contributed by atoms with Crippen LogP contribution in [0, 0.1) is 0 Å². The van der Waals surface area contributed by atoms with Crippen molar-refractivity contribution in [1.29, 1.82) is 0 Å². The van der Waals surface area contributed by atoms with Crippen LogP contribution in [0.15, 0.2) is 24.3 Å². The minimum atomic E-state index is -0.109. The van der Waals surface area contributed by atoms with Gasteiger partial charge in [-0.25, -0.2) is 4.79 Å². The first-order valence-electron chi connectivity index (χ1n) is 6.75. The van der Waals surface area contributed by atoms with E-state index in [2.05, 4.69) is 12.7 Å². The van der Waals surface area contributed by atoms with Gasteiger partial charge < -0.3 is 14.4 Å². The molecule has 1 saturated heterocycles. The molecule has 1 fully saturated rings. The van der Waals surface area contributed by atoms with Crippen molar-refractivity contribution in [2.24, 2.45) is 0 Å². The number of carbonyl (C=O) groups is 1. The molecule has 1 unspecified atom stereocenters. The van der Waals surface area contributed by atoms with Gasteiger partial charge in [0.2, 0.25) is 0 Å². The van der Waals surface area contributed by atoms with Crippen molar-refractivity contribution in [2.75, 3.05) is 40.6 Å². The second kappa shape index (κ2) is 6.88. The van der Waals surface area contributed by atoms with E-state index in [4.69, 9.17) is 14.3 Å². The van der Waals surface area contributed by atoms with E-state index < -0.39 is 0 Å². The summed E-state index contributed by atoms with van der Waals surface area (Å²) in [6.45, 7) is 5.69. The zero-order valence-corrected chi connectivity index (χ0v) is 12.1. The topological polar surface area (TPSA) is 51.2 Å². The summed E-state index contributed by atoms with van der Waals surface area (Å²) in [5.74, 6) is 0. The summed E-state index contributed by atoms with van der Waals surface area (Å²) in [5, 5.41) is 1.43. The monoisotopic (exact) mass is 282 g/mol. The molecule has 6 nitrogen and oxygen atoms in total. The van der Waals surface area contributed by atoms with Gasteiger partial charge in [-0.1, -0.05) is 12.2 Å². The Hall–Kier alpha value is -1.37. The summed E-state index contributed by atoms with van der Waals surface area (Å²) in [6, 6.07) is -0.179. The second-order valence-electron chi connectivity index (χ2n) is 4.87. The Morgan fingerprint density at radius 3 is 2.90 bits per heavy atom. The Bertz CT molecular complexity index is 397. The number of urea groups is 1.